The molecule has 0 bridgehead atoms. The van der Waals surface area contributed by atoms with E-state index in [1.54, 1.807) is 24.3 Å². The topological polar surface area (TPSA) is 54.7 Å². The highest BCUT2D eigenvalue weighted by Crippen LogP contribution is 2.36. The molecule has 106 valence electrons. The molecule has 0 saturated carbocycles. The van der Waals surface area contributed by atoms with Gasteiger partial charge in [0.1, 0.15) is 5.82 Å². The maximum absolute atomic E-state index is 13.7. The fraction of sp³-hybridized carbons (Fsp3) is 0. The zero-order valence-electron chi connectivity index (χ0n) is 10.7. The molecule has 3 N–H and O–H groups in total. The molecule has 0 aliphatic rings. The van der Waals surface area contributed by atoms with Crippen molar-refractivity contribution < 1.29 is 4.39 Å². The highest BCUT2D eigenvalue weighted by atomic mass is 79.9. The van der Waals surface area contributed by atoms with Gasteiger partial charge in [-0.2, -0.15) is 5.10 Å². The van der Waals surface area contributed by atoms with Crippen LogP contribution >= 0.6 is 27.5 Å². The molecule has 2 aromatic carbocycles. The molecule has 21 heavy (non-hydrogen) atoms. The molecule has 0 radical (unpaired) electrons. The van der Waals surface area contributed by atoms with E-state index in [4.69, 9.17) is 17.3 Å². The lowest BCUT2D eigenvalue weighted by molar-refractivity contribution is 0.621. The summed E-state index contributed by atoms with van der Waals surface area (Å²) in [6, 6.07) is 12.1. The van der Waals surface area contributed by atoms with Crippen LogP contribution in [0.5, 0.6) is 0 Å². The highest BCUT2D eigenvalue weighted by molar-refractivity contribution is 9.10. The number of halogens is 3. The molecule has 0 spiro atoms. The Morgan fingerprint density at radius 1 is 1.14 bits per heavy atom. The van der Waals surface area contributed by atoms with E-state index in [-0.39, 0.29) is 5.82 Å². The van der Waals surface area contributed by atoms with Gasteiger partial charge in [0.25, 0.3) is 0 Å². The van der Waals surface area contributed by atoms with Crippen molar-refractivity contribution in [1.82, 2.24) is 10.2 Å². The first-order chi connectivity index (χ1) is 10.1. The average Bonchev–Trinajstić information content (AvgIpc) is 2.84. The predicted molar refractivity (Wildman–Crippen MR) is 86.5 cm³/mol. The van der Waals surface area contributed by atoms with Gasteiger partial charge in [-0.25, -0.2) is 4.39 Å². The predicted octanol–water partition coefficient (Wildman–Crippen LogP) is 4.88. The summed E-state index contributed by atoms with van der Waals surface area (Å²) < 4.78 is 14.1. The van der Waals surface area contributed by atoms with Crippen molar-refractivity contribution in [1.29, 1.82) is 0 Å². The summed E-state index contributed by atoms with van der Waals surface area (Å²) in [7, 11) is 0. The highest BCUT2D eigenvalue weighted by Gasteiger charge is 2.16. The fourth-order valence-corrected chi connectivity index (χ4v) is 2.59. The van der Waals surface area contributed by atoms with Gasteiger partial charge in [0.15, 0.2) is 5.82 Å². The number of nitrogens with two attached hydrogens (primary N) is 1. The number of rotatable bonds is 2. The molecule has 0 aliphatic carbocycles. The van der Waals surface area contributed by atoms with E-state index < -0.39 is 0 Å². The third-order valence-corrected chi connectivity index (χ3v) is 3.99. The Bertz CT molecular complexity index is 816. The lowest BCUT2D eigenvalue weighted by atomic mass is 10.0. The molecule has 0 saturated heterocycles. The average molecular weight is 367 g/mol. The Balaban J connectivity index is 2.19. The molecule has 0 unspecified atom stereocenters. The summed E-state index contributed by atoms with van der Waals surface area (Å²) in [5, 5.41) is 7.48. The summed E-state index contributed by atoms with van der Waals surface area (Å²) >= 11 is 9.16. The summed E-state index contributed by atoms with van der Waals surface area (Å²) in [4.78, 5) is 0. The van der Waals surface area contributed by atoms with Gasteiger partial charge in [0.2, 0.25) is 0 Å². The summed E-state index contributed by atoms with van der Waals surface area (Å²) in [6.45, 7) is 0. The summed E-state index contributed by atoms with van der Waals surface area (Å²) in [5.41, 5.74) is 8.79. The Hall–Kier alpha value is -1.85. The number of aromatic amines is 1. The molecule has 1 aromatic heterocycles. The zero-order chi connectivity index (χ0) is 15.0. The van der Waals surface area contributed by atoms with Gasteiger partial charge in [-0.05, 0) is 45.8 Å². The molecule has 0 aliphatic heterocycles. The lowest BCUT2D eigenvalue weighted by Gasteiger charge is -2.06. The quantitative estimate of drug-likeness (QED) is 0.679. The van der Waals surface area contributed by atoms with Crippen molar-refractivity contribution in [2.24, 2.45) is 0 Å². The first-order valence-corrected chi connectivity index (χ1v) is 7.28. The second kappa shape index (κ2) is 5.50. The second-order valence-corrected chi connectivity index (χ2v) is 5.79. The van der Waals surface area contributed by atoms with Gasteiger partial charge in [-0.3, -0.25) is 5.10 Å². The standard InChI is InChI=1S/C15H10BrClFN3/c16-11-5-4-9(7-12(11)18)14-13(15(19)21-20-14)8-2-1-3-10(17)6-8/h1-7H,(H3,19,20,21). The Morgan fingerprint density at radius 3 is 2.67 bits per heavy atom. The molecular weight excluding hydrogens is 357 g/mol. The maximum atomic E-state index is 13.7. The molecule has 1 heterocycles. The minimum absolute atomic E-state index is 0.343. The fourth-order valence-electron chi connectivity index (χ4n) is 2.15. The first kappa shape index (κ1) is 14.1. The summed E-state index contributed by atoms with van der Waals surface area (Å²) in [6.07, 6.45) is 0. The number of nitrogens with one attached hydrogen (secondary N) is 1. The maximum Gasteiger partial charge on any atom is 0.153 e. The van der Waals surface area contributed by atoms with Crippen molar-refractivity contribution in [2.45, 2.75) is 0 Å². The molecule has 0 fully saturated rings. The number of anilines is 1. The Labute approximate surface area is 134 Å². The number of nitrogen functional groups attached to an aromatic ring is 1. The van der Waals surface area contributed by atoms with E-state index >= 15 is 0 Å². The van der Waals surface area contributed by atoms with Crippen molar-refractivity contribution in [2.75, 3.05) is 5.73 Å². The number of benzene rings is 2. The molecular formula is C15H10BrClFN3. The van der Waals surface area contributed by atoms with Crippen molar-refractivity contribution in [3.63, 3.8) is 0 Å². The van der Waals surface area contributed by atoms with Crippen LogP contribution in [0, 0.1) is 5.82 Å². The van der Waals surface area contributed by atoms with Crippen LogP contribution in [0.2, 0.25) is 5.02 Å². The van der Waals surface area contributed by atoms with E-state index in [0.29, 0.717) is 32.1 Å². The van der Waals surface area contributed by atoms with Crippen LogP contribution in [0.1, 0.15) is 0 Å². The smallest absolute Gasteiger partial charge is 0.153 e. The molecule has 3 rings (SSSR count). The van der Waals surface area contributed by atoms with Gasteiger partial charge >= 0.3 is 0 Å². The van der Waals surface area contributed by atoms with E-state index in [1.807, 2.05) is 12.1 Å². The van der Waals surface area contributed by atoms with Crippen molar-refractivity contribution >= 4 is 33.3 Å². The first-order valence-electron chi connectivity index (χ1n) is 6.11. The monoisotopic (exact) mass is 365 g/mol. The summed E-state index contributed by atoms with van der Waals surface area (Å²) in [5.74, 6) is -0.00620. The van der Waals surface area contributed by atoms with Gasteiger partial charge in [0, 0.05) is 10.6 Å². The van der Waals surface area contributed by atoms with Crippen molar-refractivity contribution in [3.8, 4) is 22.4 Å². The number of H-pyrrole nitrogens is 1. The minimum Gasteiger partial charge on any atom is -0.382 e. The zero-order valence-corrected chi connectivity index (χ0v) is 13.0. The van der Waals surface area contributed by atoms with Crippen LogP contribution in [0.15, 0.2) is 46.9 Å². The van der Waals surface area contributed by atoms with Gasteiger partial charge < -0.3 is 5.73 Å². The second-order valence-electron chi connectivity index (χ2n) is 4.50. The van der Waals surface area contributed by atoms with Crippen LogP contribution in [0.25, 0.3) is 22.4 Å². The largest absolute Gasteiger partial charge is 0.382 e. The lowest BCUT2D eigenvalue weighted by Crippen LogP contribution is -1.89. The Morgan fingerprint density at radius 2 is 1.95 bits per heavy atom. The SMILES string of the molecule is Nc1n[nH]c(-c2ccc(Br)c(F)c2)c1-c1cccc(Cl)c1. The molecule has 3 nitrogen and oxygen atoms in total. The van der Waals surface area contributed by atoms with E-state index in [9.17, 15) is 4.39 Å². The normalized spacial score (nSPS) is 10.8. The number of nitrogens with zero attached hydrogens (tertiary/aromatic N) is 1. The molecule has 0 atom stereocenters. The van der Waals surface area contributed by atoms with E-state index in [2.05, 4.69) is 26.1 Å². The molecule has 6 heteroatoms. The minimum atomic E-state index is -0.349. The van der Waals surface area contributed by atoms with E-state index in [0.717, 1.165) is 5.56 Å². The van der Waals surface area contributed by atoms with Crippen molar-refractivity contribution in [3.05, 3.63) is 57.8 Å². The number of aromatic nitrogens is 2. The number of hydrogen-bond acceptors (Lipinski definition) is 2. The molecule has 3 aromatic rings. The van der Waals surface area contributed by atoms with Crippen LogP contribution in [0.3, 0.4) is 0 Å². The van der Waals surface area contributed by atoms with Crippen LogP contribution in [-0.2, 0) is 0 Å². The van der Waals surface area contributed by atoms with Crippen LogP contribution in [0.4, 0.5) is 10.2 Å². The third-order valence-electron chi connectivity index (χ3n) is 3.12. The van der Waals surface area contributed by atoms with Gasteiger partial charge in [-0.15, -0.1) is 0 Å². The Kier molecular flexibility index (Phi) is 3.69. The van der Waals surface area contributed by atoms with Crippen LogP contribution in [-0.4, -0.2) is 10.2 Å². The number of hydrogen-bond donors (Lipinski definition) is 2. The van der Waals surface area contributed by atoms with Gasteiger partial charge in [0.05, 0.1) is 15.7 Å². The van der Waals surface area contributed by atoms with E-state index in [1.165, 1.54) is 6.07 Å². The van der Waals surface area contributed by atoms with Gasteiger partial charge in [-0.1, -0.05) is 29.8 Å². The molecule has 0 amide bonds. The van der Waals surface area contributed by atoms with Crippen LogP contribution < -0.4 is 5.73 Å². The third kappa shape index (κ3) is 2.66.